The van der Waals surface area contributed by atoms with Gasteiger partial charge in [0.1, 0.15) is 0 Å². The van der Waals surface area contributed by atoms with E-state index < -0.39 is 0 Å². The Labute approximate surface area is 82.1 Å². The van der Waals surface area contributed by atoms with Crippen molar-refractivity contribution in [1.29, 1.82) is 0 Å². The molecular formula is C10H12N4. The van der Waals surface area contributed by atoms with Gasteiger partial charge in [-0.2, -0.15) is 5.10 Å². The number of anilines is 1. The van der Waals surface area contributed by atoms with Crippen molar-refractivity contribution in [3.63, 3.8) is 0 Å². The minimum absolute atomic E-state index is 0.477. The summed E-state index contributed by atoms with van der Waals surface area (Å²) in [5.74, 6) is 0. The zero-order valence-corrected chi connectivity index (χ0v) is 7.72. The van der Waals surface area contributed by atoms with E-state index in [0.29, 0.717) is 6.54 Å². The molecule has 0 amide bonds. The highest BCUT2D eigenvalue weighted by atomic mass is 15.3. The number of rotatable bonds is 2. The Morgan fingerprint density at radius 1 is 1.14 bits per heavy atom. The van der Waals surface area contributed by atoms with Gasteiger partial charge in [0, 0.05) is 18.4 Å². The molecule has 2 aromatic rings. The molecule has 2 rings (SSSR count). The van der Waals surface area contributed by atoms with Gasteiger partial charge in [0.25, 0.3) is 0 Å². The van der Waals surface area contributed by atoms with Crippen LogP contribution >= 0.6 is 0 Å². The van der Waals surface area contributed by atoms with Crippen LogP contribution in [0.3, 0.4) is 0 Å². The molecule has 4 N–H and O–H groups in total. The van der Waals surface area contributed by atoms with Crippen LogP contribution in [-0.4, -0.2) is 9.78 Å². The largest absolute Gasteiger partial charge is 0.399 e. The number of hydrogen-bond donors (Lipinski definition) is 2. The summed E-state index contributed by atoms with van der Waals surface area (Å²) in [5.41, 5.74) is 13.9. The molecule has 0 fully saturated rings. The Hall–Kier alpha value is -1.81. The third-order valence-electron chi connectivity index (χ3n) is 2.07. The molecule has 0 bridgehead atoms. The highest BCUT2D eigenvalue weighted by molar-refractivity contribution is 5.45. The quantitative estimate of drug-likeness (QED) is 0.688. The number of aromatic nitrogens is 2. The maximum atomic E-state index is 5.60. The Morgan fingerprint density at radius 3 is 2.50 bits per heavy atom. The van der Waals surface area contributed by atoms with E-state index in [9.17, 15) is 0 Å². The molecule has 0 radical (unpaired) electrons. The fourth-order valence-electron chi connectivity index (χ4n) is 1.33. The first-order valence-corrected chi connectivity index (χ1v) is 4.40. The van der Waals surface area contributed by atoms with Gasteiger partial charge in [0.05, 0.1) is 11.4 Å². The molecule has 72 valence electrons. The molecule has 0 aliphatic rings. The highest BCUT2D eigenvalue weighted by Crippen LogP contribution is 2.12. The van der Waals surface area contributed by atoms with Crippen LogP contribution in [0.2, 0.25) is 0 Å². The van der Waals surface area contributed by atoms with Gasteiger partial charge in [-0.05, 0) is 30.3 Å². The standard InChI is InChI=1S/C10H12N4/c11-7-10-5-6-13-14(10)9-3-1-8(12)2-4-9/h1-6H,7,11-12H2. The van der Waals surface area contributed by atoms with Gasteiger partial charge in [-0.25, -0.2) is 4.68 Å². The van der Waals surface area contributed by atoms with Gasteiger partial charge in [0.15, 0.2) is 0 Å². The summed E-state index contributed by atoms with van der Waals surface area (Å²) in [7, 11) is 0. The third-order valence-corrected chi connectivity index (χ3v) is 2.07. The molecule has 4 nitrogen and oxygen atoms in total. The topological polar surface area (TPSA) is 69.9 Å². The zero-order valence-electron chi connectivity index (χ0n) is 7.72. The fourth-order valence-corrected chi connectivity index (χ4v) is 1.33. The summed E-state index contributed by atoms with van der Waals surface area (Å²) in [6.07, 6.45) is 1.73. The molecule has 0 atom stereocenters. The monoisotopic (exact) mass is 188 g/mol. The molecular weight excluding hydrogens is 176 g/mol. The van der Waals surface area contributed by atoms with Crippen molar-refractivity contribution in [2.75, 3.05) is 5.73 Å². The van der Waals surface area contributed by atoms with E-state index in [-0.39, 0.29) is 0 Å². The lowest BCUT2D eigenvalue weighted by Gasteiger charge is -2.05. The first-order chi connectivity index (χ1) is 6.81. The smallest absolute Gasteiger partial charge is 0.0650 e. The second-order valence-electron chi connectivity index (χ2n) is 3.03. The van der Waals surface area contributed by atoms with Gasteiger partial charge >= 0.3 is 0 Å². The van der Waals surface area contributed by atoms with Crippen molar-refractivity contribution < 1.29 is 0 Å². The maximum Gasteiger partial charge on any atom is 0.0650 e. The summed E-state index contributed by atoms with van der Waals surface area (Å²) >= 11 is 0. The Balaban J connectivity index is 2.44. The minimum atomic E-state index is 0.477. The van der Waals surface area contributed by atoms with Crippen molar-refractivity contribution in [1.82, 2.24) is 9.78 Å². The molecule has 0 aliphatic heterocycles. The summed E-state index contributed by atoms with van der Waals surface area (Å²) in [6.45, 7) is 0.477. The van der Waals surface area contributed by atoms with Gasteiger partial charge in [-0.1, -0.05) is 0 Å². The number of nitrogens with two attached hydrogens (primary N) is 2. The van der Waals surface area contributed by atoms with Crippen LogP contribution in [0.15, 0.2) is 36.5 Å². The van der Waals surface area contributed by atoms with E-state index >= 15 is 0 Å². The van der Waals surface area contributed by atoms with Crippen molar-refractivity contribution in [3.05, 3.63) is 42.2 Å². The number of hydrogen-bond acceptors (Lipinski definition) is 3. The lowest BCUT2D eigenvalue weighted by Crippen LogP contribution is -2.06. The summed E-state index contributed by atoms with van der Waals surface area (Å²) in [4.78, 5) is 0. The van der Waals surface area contributed by atoms with Crippen LogP contribution in [0.25, 0.3) is 5.69 Å². The normalized spacial score (nSPS) is 10.4. The maximum absolute atomic E-state index is 5.60. The van der Waals surface area contributed by atoms with Crippen LogP contribution in [0, 0.1) is 0 Å². The van der Waals surface area contributed by atoms with Gasteiger partial charge in [-0.15, -0.1) is 0 Å². The predicted octanol–water partition coefficient (Wildman–Crippen LogP) is 0.913. The average Bonchev–Trinajstić information content (AvgIpc) is 2.67. The fraction of sp³-hybridized carbons (Fsp3) is 0.100. The van der Waals surface area contributed by atoms with Gasteiger partial charge in [0.2, 0.25) is 0 Å². The van der Waals surface area contributed by atoms with E-state index in [1.807, 2.05) is 30.3 Å². The van der Waals surface area contributed by atoms with Crippen molar-refractivity contribution in [3.8, 4) is 5.69 Å². The lowest BCUT2D eigenvalue weighted by molar-refractivity contribution is 0.804. The molecule has 14 heavy (non-hydrogen) atoms. The zero-order chi connectivity index (χ0) is 9.97. The molecule has 0 saturated heterocycles. The van der Waals surface area contributed by atoms with Crippen molar-refractivity contribution in [2.45, 2.75) is 6.54 Å². The first kappa shape index (κ1) is 8.77. The van der Waals surface area contributed by atoms with E-state index in [1.165, 1.54) is 0 Å². The third kappa shape index (κ3) is 1.47. The van der Waals surface area contributed by atoms with Crippen molar-refractivity contribution >= 4 is 5.69 Å². The second kappa shape index (κ2) is 3.51. The van der Waals surface area contributed by atoms with Gasteiger partial charge < -0.3 is 11.5 Å². The molecule has 4 heteroatoms. The van der Waals surface area contributed by atoms with Crippen LogP contribution in [0.5, 0.6) is 0 Å². The van der Waals surface area contributed by atoms with Crippen LogP contribution in [0.1, 0.15) is 5.69 Å². The van der Waals surface area contributed by atoms with E-state index in [2.05, 4.69) is 5.10 Å². The SMILES string of the molecule is NCc1ccnn1-c1ccc(N)cc1. The van der Waals surface area contributed by atoms with E-state index in [0.717, 1.165) is 17.1 Å². The number of nitrogen functional groups attached to an aromatic ring is 1. The number of benzene rings is 1. The average molecular weight is 188 g/mol. The molecule has 1 aromatic carbocycles. The Bertz CT molecular complexity index is 416. The lowest BCUT2D eigenvalue weighted by atomic mass is 10.3. The van der Waals surface area contributed by atoms with E-state index in [4.69, 9.17) is 11.5 Å². The van der Waals surface area contributed by atoms with Crippen LogP contribution in [-0.2, 0) is 6.54 Å². The first-order valence-electron chi connectivity index (χ1n) is 4.40. The van der Waals surface area contributed by atoms with Crippen LogP contribution in [0.4, 0.5) is 5.69 Å². The van der Waals surface area contributed by atoms with Crippen molar-refractivity contribution in [2.24, 2.45) is 5.73 Å². The summed E-state index contributed by atoms with van der Waals surface area (Å²) < 4.78 is 1.80. The van der Waals surface area contributed by atoms with Crippen LogP contribution < -0.4 is 11.5 Å². The Morgan fingerprint density at radius 2 is 1.86 bits per heavy atom. The molecule has 0 aliphatic carbocycles. The highest BCUT2D eigenvalue weighted by Gasteiger charge is 2.01. The predicted molar refractivity (Wildman–Crippen MR) is 55.9 cm³/mol. The summed E-state index contributed by atoms with van der Waals surface area (Å²) in [6, 6.07) is 9.42. The van der Waals surface area contributed by atoms with Gasteiger partial charge in [-0.3, -0.25) is 0 Å². The van der Waals surface area contributed by atoms with E-state index in [1.54, 1.807) is 10.9 Å². The molecule has 0 spiro atoms. The summed E-state index contributed by atoms with van der Waals surface area (Å²) in [5, 5.41) is 4.18. The number of nitrogens with zero attached hydrogens (tertiary/aromatic N) is 2. The minimum Gasteiger partial charge on any atom is -0.399 e. The molecule has 0 unspecified atom stereocenters. The Kier molecular flexibility index (Phi) is 2.20. The molecule has 1 heterocycles. The molecule has 0 saturated carbocycles. The molecule has 1 aromatic heterocycles. The second-order valence-corrected chi connectivity index (χ2v) is 3.03.